The molecule has 172 valence electrons. The van der Waals surface area contributed by atoms with Crippen LogP contribution in [0.5, 0.6) is 0 Å². The van der Waals surface area contributed by atoms with Gasteiger partial charge in [-0.25, -0.2) is 8.78 Å². The van der Waals surface area contributed by atoms with Crippen LogP contribution in [0.25, 0.3) is 10.9 Å². The third kappa shape index (κ3) is 3.77. The average molecular weight is 449 g/mol. The third-order valence-electron chi connectivity index (χ3n) is 5.82. The molecule has 1 aliphatic heterocycles. The summed E-state index contributed by atoms with van der Waals surface area (Å²) in [6.45, 7) is 3.82. The first-order valence-electron chi connectivity index (χ1n) is 10.5. The van der Waals surface area contributed by atoms with Crippen molar-refractivity contribution in [2.24, 2.45) is 0 Å². The summed E-state index contributed by atoms with van der Waals surface area (Å²) in [6.07, 6.45) is 2.61. The first-order chi connectivity index (χ1) is 15.1. The number of amides is 1. The maximum absolute atomic E-state index is 15.9. The third-order valence-corrected chi connectivity index (χ3v) is 5.82. The summed E-state index contributed by atoms with van der Waals surface area (Å²) in [5, 5.41) is 13.8. The number of carbonyl (C=O) groups is 2. The largest absolute Gasteiger partial charge is 0.480 e. The number of hydrogen-bond donors (Lipinski definition) is 4. The molecule has 1 amide bonds. The van der Waals surface area contributed by atoms with Gasteiger partial charge in [-0.05, 0) is 26.7 Å². The second-order valence-corrected chi connectivity index (χ2v) is 8.57. The standard InChI is InChI=1S/C21H25F2N5O4/c1-9-6-27(7-10(2)26-9)19-15(22)17(24)14-18(16(19)23)28(11-3-4-11)8-12(20(14)31)21(32)25-5-13(29)30/h8-11,26H,3-7,24H2,1-2H3,(H,25,32)(H,29,30)/t9-,10+. The Morgan fingerprint density at radius 1 is 1.22 bits per heavy atom. The van der Waals surface area contributed by atoms with E-state index < -0.39 is 52.1 Å². The summed E-state index contributed by atoms with van der Waals surface area (Å²) in [4.78, 5) is 37.9. The molecule has 0 spiro atoms. The van der Waals surface area contributed by atoms with Gasteiger partial charge in [0.2, 0.25) is 5.43 Å². The molecule has 2 fully saturated rings. The van der Waals surface area contributed by atoms with Gasteiger partial charge in [0.05, 0.1) is 16.6 Å². The monoisotopic (exact) mass is 449 g/mol. The van der Waals surface area contributed by atoms with Crippen molar-refractivity contribution < 1.29 is 23.5 Å². The molecule has 2 heterocycles. The number of aromatic nitrogens is 1. The normalized spacial score (nSPS) is 21.1. The number of carbonyl (C=O) groups excluding carboxylic acids is 1. The molecule has 5 N–H and O–H groups in total. The van der Waals surface area contributed by atoms with E-state index in [1.165, 1.54) is 10.8 Å². The molecule has 9 nitrogen and oxygen atoms in total. The molecule has 2 aromatic rings. The summed E-state index contributed by atoms with van der Waals surface area (Å²) in [5.41, 5.74) is 3.72. The number of halogens is 2. The number of nitrogen functional groups attached to an aromatic ring is 1. The van der Waals surface area contributed by atoms with Crippen LogP contribution in [0.2, 0.25) is 0 Å². The molecule has 1 aliphatic carbocycles. The van der Waals surface area contributed by atoms with E-state index in [4.69, 9.17) is 10.8 Å². The molecule has 4 rings (SSSR count). The molecule has 0 bridgehead atoms. The Balaban J connectivity index is 1.94. The van der Waals surface area contributed by atoms with Crippen molar-refractivity contribution in [3.05, 3.63) is 33.6 Å². The molecular weight excluding hydrogens is 424 g/mol. The number of carboxylic acid groups (broad SMARTS) is 1. The topological polar surface area (TPSA) is 130 Å². The van der Waals surface area contributed by atoms with E-state index in [0.29, 0.717) is 25.9 Å². The van der Waals surface area contributed by atoms with Crippen LogP contribution in [-0.4, -0.2) is 53.3 Å². The van der Waals surface area contributed by atoms with Crippen LogP contribution in [0.4, 0.5) is 20.2 Å². The number of benzene rings is 1. The van der Waals surface area contributed by atoms with Crippen LogP contribution in [-0.2, 0) is 4.79 Å². The number of aliphatic carboxylic acids is 1. The van der Waals surface area contributed by atoms with Crippen molar-refractivity contribution in [1.29, 1.82) is 0 Å². The smallest absolute Gasteiger partial charge is 0.322 e. The van der Waals surface area contributed by atoms with Gasteiger partial charge >= 0.3 is 5.97 Å². The molecule has 1 saturated carbocycles. The maximum atomic E-state index is 15.9. The van der Waals surface area contributed by atoms with Gasteiger partial charge in [-0.1, -0.05) is 0 Å². The van der Waals surface area contributed by atoms with Crippen LogP contribution < -0.4 is 26.7 Å². The Bertz CT molecular complexity index is 1170. The minimum Gasteiger partial charge on any atom is -0.480 e. The lowest BCUT2D eigenvalue weighted by atomic mass is 10.0. The van der Waals surface area contributed by atoms with E-state index in [2.05, 4.69) is 10.6 Å². The van der Waals surface area contributed by atoms with Gasteiger partial charge in [0.25, 0.3) is 5.91 Å². The highest BCUT2D eigenvalue weighted by Crippen LogP contribution is 2.41. The minimum absolute atomic E-state index is 0.0135. The quantitative estimate of drug-likeness (QED) is 0.505. The first kappa shape index (κ1) is 22.0. The number of nitrogens with two attached hydrogens (primary N) is 1. The average Bonchev–Trinajstić information content (AvgIpc) is 3.54. The van der Waals surface area contributed by atoms with E-state index in [-0.39, 0.29) is 29.3 Å². The van der Waals surface area contributed by atoms with Crippen LogP contribution >= 0.6 is 0 Å². The Kier molecular flexibility index (Phi) is 5.53. The Hall–Kier alpha value is -3.21. The van der Waals surface area contributed by atoms with E-state index in [1.54, 1.807) is 4.90 Å². The zero-order valence-corrected chi connectivity index (χ0v) is 17.7. The van der Waals surface area contributed by atoms with E-state index in [1.807, 2.05) is 13.8 Å². The van der Waals surface area contributed by atoms with Crippen molar-refractivity contribution >= 4 is 34.2 Å². The molecule has 2 atom stereocenters. The fourth-order valence-corrected chi connectivity index (χ4v) is 4.39. The SMILES string of the molecule is C[C@@H]1CN(c2c(F)c(N)c3c(=O)c(C(=O)NCC(=O)O)cn(C4CC4)c3c2F)C[C@H](C)N1. The molecule has 1 saturated heterocycles. The van der Waals surface area contributed by atoms with E-state index >= 15 is 8.78 Å². The fourth-order valence-electron chi connectivity index (χ4n) is 4.39. The summed E-state index contributed by atoms with van der Waals surface area (Å²) in [7, 11) is 0. The van der Waals surface area contributed by atoms with Crippen molar-refractivity contribution in [2.45, 2.75) is 44.8 Å². The second-order valence-electron chi connectivity index (χ2n) is 8.57. The lowest BCUT2D eigenvalue weighted by Crippen LogP contribution is -2.54. The van der Waals surface area contributed by atoms with Crippen molar-refractivity contribution in [3.63, 3.8) is 0 Å². The molecule has 2 aliphatic rings. The number of fused-ring (bicyclic) bond motifs is 1. The van der Waals surface area contributed by atoms with Gasteiger partial charge < -0.3 is 30.9 Å². The number of carboxylic acids is 1. The summed E-state index contributed by atoms with van der Waals surface area (Å²) in [6, 6.07) is -0.196. The Morgan fingerprint density at radius 2 is 1.84 bits per heavy atom. The highest BCUT2D eigenvalue weighted by Gasteiger charge is 2.34. The van der Waals surface area contributed by atoms with Crippen molar-refractivity contribution in [2.75, 3.05) is 30.3 Å². The Labute approximate surface area is 182 Å². The van der Waals surface area contributed by atoms with Gasteiger partial charge in [-0.3, -0.25) is 14.4 Å². The summed E-state index contributed by atoms with van der Waals surface area (Å²) >= 11 is 0. The molecule has 32 heavy (non-hydrogen) atoms. The maximum Gasteiger partial charge on any atom is 0.322 e. The van der Waals surface area contributed by atoms with Gasteiger partial charge in [-0.15, -0.1) is 0 Å². The minimum atomic E-state index is -1.29. The van der Waals surface area contributed by atoms with Crippen LogP contribution in [0, 0.1) is 11.6 Å². The predicted octanol–water partition coefficient (Wildman–Crippen LogP) is 1.20. The van der Waals surface area contributed by atoms with Crippen LogP contribution in [0.3, 0.4) is 0 Å². The number of piperazine rings is 1. The van der Waals surface area contributed by atoms with Crippen LogP contribution in [0.15, 0.2) is 11.0 Å². The Morgan fingerprint density at radius 3 is 2.41 bits per heavy atom. The zero-order chi connectivity index (χ0) is 23.3. The molecule has 1 aromatic heterocycles. The number of nitrogens with one attached hydrogen (secondary N) is 2. The molecule has 11 heteroatoms. The lowest BCUT2D eigenvalue weighted by molar-refractivity contribution is -0.135. The number of hydrogen-bond acceptors (Lipinski definition) is 6. The number of nitrogens with zero attached hydrogens (tertiary/aromatic N) is 2. The van der Waals surface area contributed by atoms with E-state index in [9.17, 15) is 14.4 Å². The van der Waals surface area contributed by atoms with Crippen molar-refractivity contribution in [1.82, 2.24) is 15.2 Å². The second kappa shape index (κ2) is 8.05. The van der Waals surface area contributed by atoms with Gasteiger partial charge in [0.15, 0.2) is 11.6 Å². The lowest BCUT2D eigenvalue weighted by Gasteiger charge is -2.38. The number of anilines is 2. The van der Waals surface area contributed by atoms with Crippen molar-refractivity contribution in [3.8, 4) is 0 Å². The number of rotatable bonds is 5. The number of pyridine rings is 1. The zero-order valence-electron chi connectivity index (χ0n) is 17.7. The first-order valence-corrected chi connectivity index (χ1v) is 10.5. The highest BCUT2D eigenvalue weighted by molar-refractivity contribution is 6.02. The molecular formula is C21H25F2N5O4. The predicted molar refractivity (Wildman–Crippen MR) is 115 cm³/mol. The van der Waals surface area contributed by atoms with Crippen LogP contribution in [0.1, 0.15) is 43.1 Å². The molecule has 1 aromatic carbocycles. The van der Waals surface area contributed by atoms with Gasteiger partial charge in [0, 0.05) is 37.4 Å². The summed E-state index contributed by atoms with van der Waals surface area (Å²) in [5.74, 6) is -4.17. The summed E-state index contributed by atoms with van der Waals surface area (Å²) < 4.78 is 32.7. The van der Waals surface area contributed by atoms with Gasteiger partial charge in [-0.2, -0.15) is 0 Å². The van der Waals surface area contributed by atoms with E-state index in [0.717, 1.165) is 0 Å². The fraction of sp³-hybridized carbons (Fsp3) is 0.476. The van der Waals surface area contributed by atoms with Gasteiger partial charge in [0.1, 0.15) is 17.8 Å². The molecule has 0 radical (unpaired) electrons. The highest BCUT2D eigenvalue weighted by atomic mass is 19.1. The molecule has 0 unspecified atom stereocenters.